The van der Waals surface area contributed by atoms with Crippen LogP contribution in [-0.2, 0) is 0 Å². The Morgan fingerprint density at radius 2 is 2.00 bits per heavy atom. The lowest BCUT2D eigenvalue weighted by atomic mass is 10.0. The normalized spacial score (nSPS) is 12.7. The second-order valence-electron chi connectivity index (χ2n) is 3.79. The molecule has 0 aliphatic rings. The summed E-state index contributed by atoms with van der Waals surface area (Å²) in [4.78, 5) is 0. The Bertz CT molecular complexity index is 286. The molecule has 0 amide bonds. The van der Waals surface area contributed by atoms with E-state index < -0.39 is 0 Å². The molecule has 1 N–H and O–H groups in total. The number of rotatable bonds is 6. The van der Waals surface area contributed by atoms with Gasteiger partial charge in [-0.3, -0.25) is 0 Å². The average molecular weight is 209 g/mol. The van der Waals surface area contributed by atoms with Crippen LogP contribution in [0.15, 0.2) is 24.3 Å². The Labute approximate surface area is 91.7 Å². The molecule has 15 heavy (non-hydrogen) atoms. The highest BCUT2D eigenvalue weighted by Crippen LogP contribution is 2.19. The maximum atomic E-state index is 13.5. The highest BCUT2D eigenvalue weighted by molar-refractivity contribution is 5.20. The first-order valence-electron chi connectivity index (χ1n) is 5.77. The number of nitrogens with one attached hydrogen (secondary N) is 1. The fraction of sp³-hybridized carbons (Fsp3) is 0.538. The van der Waals surface area contributed by atoms with Gasteiger partial charge in [0.25, 0.3) is 0 Å². The third-order valence-corrected chi connectivity index (χ3v) is 2.61. The summed E-state index contributed by atoms with van der Waals surface area (Å²) in [6, 6.07) is 7.17. The van der Waals surface area contributed by atoms with Crippen LogP contribution in [0.1, 0.15) is 44.7 Å². The van der Waals surface area contributed by atoms with Gasteiger partial charge in [-0.05, 0) is 25.5 Å². The van der Waals surface area contributed by atoms with Crippen molar-refractivity contribution in [2.24, 2.45) is 0 Å². The summed E-state index contributed by atoms with van der Waals surface area (Å²) >= 11 is 0. The molecule has 0 aliphatic heterocycles. The first kappa shape index (κ1) is 12.2. The molecule has 0 radical (unpaired) electrons. The van der Waals surface area contributed by atoms with E-state index >= 15 is 0 Å². The molecule has 0 aliphatic carbocycles. The molecule has 1 rings (SSSR count). The van der Waals surface area contributed by atoms with Crippen molar-refractivity contribution in [1.29, 1.82) is 0 Å². The fourth-order valence-electron chi connectivity index (χ4n) is 1.68. The minimum atomic E-state index is -0.103. The molecule has 1 atom stereocenters. The van der Waals surface area contributed by atoms with Crippen molar-refractivity contribution in [3.8, 4) is 0 Å². The van der Waals surface area contributed by atoms with E-state index in [2.05, 4.69) is 19.2 Å². The van der Waals surface area contributed by atoms with Gasteiger partial charge in [-0.2, -0.15) is 0 Å². The van der Waals surface area contributed by atoms with E-state index in [1.165, 1.54) is 12.5 Å². The number of unbranched alkanes of at least 4 members (excludes halogenated alkanes) is 1. The number of hydrogen-bond acceptors (Lipinski definition) is 1. The minimum absolute atomic E-state index is 0.103. The third kappa shape index (κ3) is 3.63. The lowest BCUT2D eigenvalue weighted by molar-refractivity contribution is 0.481. The predicted octanol–water partition coefficient (Wildman–Crippen LogP) is 3.67. The topological polar surface area (TPSA) is 12.0 Å². The van der Waals surface area contributed by atoms with Gasteiger partial charge in [0.1, 0.15) is 5.82 Å². The summed E-state index contributed by atoms with van der Waals surface area (Å²) in [6.45, 7) is 5.20. The SMILES string of the molecule is CCCCN[C@@H](CC)c1ccccc1F. The van der Waals surface area contributed by atoms with Crippen LogP contribution in [0, 0.1) is 5.82 Å². The van der Waals surface area contributed by atoms with E-state index in [0.29, 0.717) is 0 Å². The van der Waals surface area contributed by atoms with Gasteiger partial charge >= 0.3 is 0 Å². The molecule has 2 heteroatoms. The molecule has 1 nitrogen and oxygen atoms in total. The van der Waals surface area contributed by atoms with Crippen molar-refractivity contribution in [2.75, 3.05) is 6.54 Å². The van der Waals surface area contributed by atoms with Gasteiger partial charge in [-0.1, -0.05) is 38.5 Å². The smallest absolute Gasteiger partial charge is 0.127 e. The molecule has 0 aromatic heterocycles. The Kier molecular flexibility index (Phi) is 5.33. The highest BCUT2D eigenvalue weighted by atomic mass is 19.1. The Morgan fingerprint density at radius 1 is 1.27 bits per heavy atom. The highest BCUT2D eigenvalue weighted by Gasteiger charge is 2.11. The standard InChI is InChI=1S/C13H20FN/c1-3-5-10-15-13(4-2)11-8-6-7-9-12(11)14/h6-9,13,15H,3-5,10H2,1-2H3/t13-/m0/s1. The van der Waals surface area contributed by atoms with Gasteiger partial charge in [0.15, 0.2) is 0 Å². The predicted molar refractivity (Wildman–Crippen MR) is 62.3 cm³/mol. The Balaban J connectivity index is 2.61. The van der Waals surface area contributed by atoms with Gasteiger partial charge < -0.3 is 5.32 Å². The van der Waals surface area contributed by atoms with Gasteiger partial charge in [0, 0.05) is 11.6 Å². The number of halogens is 1. The van der Waals surface area contributed by atoms with Crippen molar-refractivity contribution in [3.63, 3.8) is 0 Å². The summed E-state index contributed by atoms with van der Waals surface area (Å²) in [5.74, 6) is -0.103. The van der Waals surface area contributed by atoms with Gasteiger partial charge in [-0.15, -0.1) is 0 Å². The van der Waals surface area contributed by atoms with Crippen LogP contribution in [-0.4, -0.2) is 6.54 Å². The number of hydrogen-bond donors (Lipinski definition) is 1. The molecule has 0 unspecified atom stereocenters. The van der Waals surface area contributed by atoms with Crippen molar-refractivity contribution in [3.05, 3.63) is 35.6 Å². The second kappa shape index (κ2) is 6.57. The van der Waals surface area contributed by atoms with Crippen molar-refractivity contribution in [1.82, 2.24) is 5.32 Å². The van der Waals surface area contributed by atoms with Crippen LogP contribution < -0.4 is 5.32 Å². The van der Waals surface area contributed by atoms with Gasteiger partial charge in [0.05, 0.1) is 0 Å². The van der Waals surface area contributed by atoms with E-state index in [1.807, 2.05) is 12.1 Å². The van der Waals surface area contributed by atoms with Gasteiger partial charge in [-0.25, -0.2) is 4.39 Å². The molecule has 0 fully saturated rings. The van der Waals surface area contributed by atoms with E-state index in [0.717, 1.165) is 24.9 Å². The molecule has 1 aromatic rings. The molecule has 0 saturated heterocycles. The van der Waals surface area contributed by atoms with Crippen LogP contribution in [0.25, 0.3) is 0 Å². The zero-order valence-electron chi connectivity index (χ0n) is 9.59. The first-order chi connectivity index (χ1) is 7.29. The Morgan fingerprint density at radius 3 is 2.60 bits per heavy atom. The molecule has 0 heterocycles. The summed E-state index contributed by atoms with van der Waals surface area (Å²) < 4.78 is 13.5. The first-order valence-corrected chi connectivity index (χ1v) is 5.77. The van der Waals surface area contributed by atoms with E-state index in [4.69, 9.17) is 0 Å². The summed E-state index contributed by atoms with van der Waals surface area (Å²) in [7, 11) is 0. The third-order valence-electron chi connectivity index (χ3n) is 2.61. The zero-order valence-corrected chi connectivity index (χ0v) is 9.59. The second-order valence-corrected chi connectivity index (χ2v) is 3.79. The molecule has 0 bridgehead atoms. The molecule has 0 saturated carbocycles. The zero-order chi connectivity index (χ0) is 11.1. The lowest BCUT2D eigenvalue weighted by Gasteiger charge is -2.17. The molecule has 84 valence electrons. The van der Waals surface area contributed by atoms with Crippen molar-refractivity contribution < 1.29 is 4.39 Å². The van der Waals surface area contributed by atoms with E-state index in [9.17, 15) is 4.39 Å². The monoisotopic (exact) mass is 209 g/mol. The summed E-state index contributed by atoms with van der Waals surface area (Å²) in [5, 5.41) is 3.39. The Hall–Kier alpha value is -0.890. The minimum Gasteiger partial charge on any atom is -0.310 e. The van der Waals surface area contributed by atoms with E-state index in [1.54, 1.807) is 6.07 Å². The fourth-order valence-corrected chi connectivity index (χ4v) is 1.68. The average Bonchev–Trinajstić information content (AvgIpc) is 2.26. The largest absolute Gasteiger partial charge is 0.310 e. The molecule has 0 spiro atoms. The summed E-state index contributed by atoms with van der Waals surface area (Å²) in [6.07, 6.45) is 3.23. The molecule has 1 aromatic carbocycles. The maximum Gasteiger partial charge on any atom is 0.127 e. The van der Waals surface area contributed by atoms with E-state index in [-0.39, 0.29) is 11.9 Å². The van der Waals surface area contributed by atoms with Crippen LogP contribution in [0.4, 0.5) is 4.39 Å². The maximum absolute atomic E-state index is 13.5. The molecular weight excluding hydrogens is 189 g/mol. The van der Waals surface area contributed by atoms with Crippen molar-refractivity contribution in [2.45, 2.75) is 39.2 Å². The van der Waals surface area contributed by atoms with Crippen LogP contribution >= 0.6 is 0 Å². The lowest BCUT2D eigenvalue weighted by Crippen LogP contribution is -2.22. The number of benzene rings is 1. The molecular formula is C13H20FN. The quantitative estimate of drug-likeness (QED) is 0.705. The van der Waals surface area contributed by atoms with Crippen LogP contribution in [0.2, 0.25) is 0 Å². The van der Waals surface area contributed by atoms with Gasteiger partial charge in [0.2, 0.25) is 0 Å². The van der Waals surface area contributed by atoms with Crippen LogP contribution in [0.5, 0.6) is 0 Å². The van der Waals surface area contributed by atoms with Crippen LogP contribution in [0.3, 0.4) is 0 Å². The van der Waals surface area contributed by atoms with Crippen molar-refractivity contribution >= 4 is 0 Å². The summed E-state index contributed by atoms with van der Waals surface area (Å²) in [5.41, 5.74) is 0.788.